The number of carbonyl (C=O) groups excluding carboxylic acids is 1. The SMILES string of the molecule is Cc1n[nH]c(=O)c(C)c1-c1ccc(Cl)c(C(=O)NC(C)C2CC3CCC2C3)c1. The second-order valence-corrected chi connectivity index (χ2v) is 8.84. The number of amides is 1. The smallest absolute Gasteiger partial charge is 0.267 e. The predicted molar refractivity (Wildman–Crippen MR) is 111 cm³/mol. The molecule has 2 saturated carbocycles. The number of nitrogens with zero attached hydrogens (tertiary/aromatic N) is 1. The van der Waals surface area contributed by atoms with Crippen LogP contribution in [0.15, 0.2) is 23.0 Å². The molecular weight excluding hydrogens is 374 g/mol. The lowest BCUT2D eigenvalue weighted by atomic mass is 9.84. The Kier molecular flexibility index (Phi) is 5.04. The molecule has 148 valence electrons. The summed E-state index contributed by atoms with van der Waals surface area (Å²) in [5, 5.41) is 10.1. The van der Waals surface area contributed by atoms with Gasteiger partial charge in [-0.15, -0.1) is 0 Å². The van der Waals surface area contributed by atoms with E-state index in [1.165, 1.54) is 25.7 Å². The molecule has 2 N–H and O–H groups in total. The molecule has 2 aromatic rings. The van der Waals surface area contributed by atoms with E-state index in [1.54, 1.807) is 19.1 Å². The van der Waals surface area contributed by atoms with Crippen molar-refractivity contribution in [3.05, 3.63) is 50.4 Å². The van der Waals surface area contributed by atoms with Gasteiger partial charge in [-0.2, -0.15) is 5.10 Å². The molecule has 1 heterocycles. The second kappa shape index (κ2) is 7.36. The molecule has 2 aliphatic carbocycles. The van der Waals surface area contributed by atoms with Crippen LogP contribution in [0.4, 0.5) is 0 Å². The van der Waals surface area contributed by atoms with Crippen LogP contribution in [0.2, 0.25) is 5.02 Å². The number of benzene rings is 1. The minimum atomic E-state index is -0.230. The van der Waals surface area contributed by atoms with E-state index in [1.807, 2.05) is 13.0 Å². The fourth-order valence-electron chi connectivity index (χ4n) is 5.24. The maximum atomic E-state index is 13.0. The molecule has 0 radical (unpaired) electrons. The van der Waals surface area contributed by atoms with E-state index < -0.39 is 0 Å². The van der Waals surface area contributed by atoms with Gasteiger partial charge in [0, 0.05) is 17.2 Å². The topological polar surface area (TPSA) is 74.8 Å². The predicted octanol–water partition coefficient (Wildman–Crippen LogP) is 4.26. The standard InChI is InChI=1S/C22H26ClN3O2/c1-11-20(13(3)25-26-21(11)27)16-6-7-19(23)18(10-16)22(28)24-12(2)17-9-14-4-5-15(17)8-14/h6-7,10,12,14-15,17H,4-5,8-9H2,1-3H3,(H,24,28)(H,26,27). The number of aromatic nitrogens is 2. The molecule has 0 spiro atoms. The van der Waals surface area contributed by atoms with Crippen LogP contribution in [0.5, 0.6) is 0 Å². The Bertz CT molecular complexity index is 984. The highest BCUT2D eigenvalue weighted by atomic mass is 35.5. The summed E-state index contributed by atoms with van der Waals surface area (Å²) in [5.41, 5.74) is 3.02. The van der Waals surface area contributed by atoms with Crippen molar-refractivity contribution in [3.63, 3.8) is 0 Å². The van der Waals surface area contributed by atoms with E-state index in [0.717, 1.165) is 23.0 Å². The van der Waals surface area contributed by atoms with Gasteiger partial charge >= 0.3 is 0 Å². The Morgan fingerprint density at radius 3 is 2.75 bits per heavy atom. The van der Waals surface area contributed by atoms with Crippen molar-refractivity contribution in [1.29, 1.82) is 0 Å². The van der Waals surface area contributed by atoms with E-state index >= 15 is 0 Å². The molecule has 0 saturated heterocycles. The molecule has 4 unspecified atom stereocenters. The lowest BCUT2D eigenvalue weighted by molar-refractivity contribution is 0.0915. The number of halogens is 1. The molecule has 4 rings (SSSR count). The van der Waals surface area contributed by atoms with Gasteiger partial charge in [-0.25, -0.2) is 5.10 Å². The first-order chi connectivity index (χ1) is 13.3. The first kappa shape index (κ1) is 19.2. The number of aryl methyl sites for hydroxylation is 1. The van der Waals surface area contributed by atoms with Gasteiger partial charge in [0.15, 0.2) is 0 Å². The molecule has 4 atom stereocenters. The zero-order chi connectivity index (χ0) is 20.0. The number of carbonyl (C=O) groups is 1. The van der Waals surface area contributed by atoms with Crippen molar-refractivity contribution < 1.29 is 4.79 Å². The highest BCUT2D eigenvalue weighted by molar-refractivity contribution is 6.34. The van der Waals surface area contributed by atoms with Crippen LogP contribution in [-0.2, 0) is 0 Å². The zero-order valence-corrected chi connectivity index (χ0v) is 17.3. The lowest BCUT2D eigenvalue weighted by Gasteiger charge is -2.28. The maximum absolute atomic E-state index is 13.0. The van der Waals surface area contributed by atoms with E-state index in [-0.39, 0.29) is 17.5 Å². The van der Waals surface area contributed by atoms with Crippen LogP contribution in [-0.4, -0.2) is 22.1 Å². The summed E-state index contributed by atoms with van der Waals surface area (Å²) in [6, 6.07) is 5.44. The average molecular weight is 400 g/mol. The van der Waals surface area contributed by atoms with Crippen molar-refractivity contribution in [2.45, 2.75) is 52.5 Å². The summed E-state index contributed by atoms with van der Waals surface area (Å²) in [6.07, 6.45) is 5.17. The quantitative estimate of drug-likeness (QED) is 0.806. The molecule has 1 amide bonds. The van der Waals surface area contributed by atoms with Crippen LogP contribution in [0.3, 0.4) is 0 Å². The van der Waals surface area contributed by atoms with Crippen molar-refractivity contribution in [2.75, 3.05) is 0 Å². The van der Waals surface area contributed by atoms with Crippen molar-refractivity contribution in [3.8, 4) is 11.1 Å². The molecule has 2 fully saturated rings. The number of rotatable bonds is 4. The van der Waals surface area contributed by atoms with E-state index in [4.69, 9.17) is 11.6 Å². The van der Waals surface area contributed by atoms with Crippen molar-refractivity contribution in [2.24, 2.45) is 17.8 Å². The Morgan fingerprint density at radius 1 is 1.29 bits per heavy atom. The fourth-order valence-corrected chi connectivity index (χ4v) is 5.44. The van der Waals surface area contributed by atoms with Crippen LogP contribution in [0.25, 0.3) is 11.1 Å². The van der Waals surface area contributed by atoms with Crippen LogP contribution in [0, 0.1) is 31.6 Å². The summed E-state index contributed by atoms with van der Waals surface area (Å²) in [5.74, 6) is 1.99. The van der Waals surface area contributed by atoms with Gasteiger partial charge in [-0.05, 0) is 75.5 Å². The van der Waals surface area contributed by atoms with Gasteiger partial charge in [0.1, 0.15) is 0 Å². The monoisotopic (exact) mass is 399 g/mol. The second-order valence-electron chi connectivity index (χ2n) is 8.43. The molecule has 2 bridgehead atoms. The zero-order valence-electron chi connectivity index (χ0n) is 16.5. The Hall–Kier alpha value is -2.14. The third-order valence-electron chi connectivity index (χ3n) is 6.70. The number of hydrogen-bond acceptors (Lipinski definition) is 3. The number of fused-ring (bicyclic) bond motifs is 2. The number of aromatic amines is 1. The van der Waals surface area contributed by atoms with Gasteiger partial charge in [0.2, 0.25) is 0 Å². The van der Waals surface area contributed by atoms with Crippen molar-refractivity contribution >= 4 is 17.5 Å². The van der Waals surface area contributed by atoms with Crippen LogP contribution < -0.4 is 10.9 Å². The third kappa shape index (κ3) is 3.37. The number of nitrogens with one attached hydrogen (secondary N) is 2. The van der Waals surface area contributed by atoms with Crippen LogP contribution in [0.1, 0.15) is 54.2 Å². The minimum Gasteiger partial charge on any atom is -0.349 e. The Balaban J connectivity index is 1.60. The molecule has 6 heteroatoms. The van der Waals surface area contributed by atoms with Gasteiger partial charge < -0.3 is 5.32 Å². The largest absolute Gasteiger partial charge is 0.349 e. The van der Waals surface area contributed by atoms with Gasteiger partial charge in [-0.3, -0.25) is 9.59 Å². The number of H-pyrrole nitrogens is 1. The highest BCUT2D eigenvalue weighted by Crippen LogP contribution is 2.49. The third-order valence-corrected chi connectivity index (χ3v) is 7.03. The lowest BCUT2D eigenvalue weighted by Crippen LogP contribution is -2.40. The maximum Gasteiger partial charge on any atom is 0.267 e. The summed E-state index contributed by atoms with van der Waals surface area (Å²) in [6.45, 7) is 5.70. The Labute approximate surface area is 169 Å². The van der Waals surface area contributed by atoms with E-state index in [9.17, 15) is 9.59 Å². The molecule has 2 aliphatic rings. The molecular formula is C22H26ClN3O2. The fraction of sp³-hybridized carbons (Fsp3) is 0.500. The summed E-state index contributed by atoms with van der Waals surface area (Å²) < 4.78 is 0. The summed E-state index contributed by atoms with van der Waals surface area (Å²) in [7, 11) is 0. The first-order valence-corrected chi connectivity index (χ1v) is 10.4. The van der Waals surface area contributed by atoms with Gasteiger partial charge in [-0.1, -0.05) is 24.1 Å². The van der Waals surface area contributed by atoms with Crippen molar-refractivity contribution in [1.82, 2.24) is 15.5 Å². The van der Waals surface area contributed by atoms with E-state index in [2.05, 4.69) is 22.4 Å². The minimum absolute atomic E-state index is 0.132. The normalized spacial score (nSPS) is 24.4. The summed E-state index contributed by atoms with van der Waals surface area (Å²) in [4.78, 5) is 25.0. The highest BCUT2D eigenvalue weighted by Gasteiger charge is 2.42. The number of hydrogen-bond donors (Lipinski definition) is 2. The summed E-state index contributed by atoms with van der Waals surface area (Å²) >= 11 is 6.35. The van der Waals surface area contributed by atoms with Gasteiger partial charge in [0.05, 0.1) is 16.3 Å². The molecule has 28 heavy (non-hydrogen) atoms. The molecule has 1 aromatic heterocycles. The average Bonchev–Trinajstić information content (AvgIpc) is 3.29. The Morgan fingerprint density at radius 2 is 2.07 bits per heavy atom. The molecule has 0 aliphatic heterocycles. The molecule has 5 nitrogen and oxygen atoms in total. The van der Waals surface area contributed by atoms with E-state index in [0.29, 0.717) is 27.8 Å². The van der Waals surface area contributed by atoms with Gasteiger partial charge in [0.25, 0.3) is 11.5 Å². The van der Waals surface area contributed by atoms with Crippen LogP contribution >= 0.6 is 11.6 Å². The molecule has 1 aromatic carbocycles. The first-order valence-electron chi connectivity index (χ1n) is 10.0.